The first kappa shape index (κ1) is 21.7. The topological polar surface area (TPSA) is 66.9 Å². The molecule has 1 heterocycles. The van der Waals surface area contributed by atoms with Gasteiger partial charge in [-0.2, -0.15) is 0 Å². The second-order valence-electron chi connectivity index (χ2n) is 8.44. The van der Waals surface area contributed by atoms with Crippen molar-refractivity contribution in [1.29, 1.82) is 0 Å². The van der Waals surface area contributed by atoms with E-state index in [-0.39, 0.29) is 12.0 Å². The van der Waals surface area contributed by atoms with E-state index in [0.29, 0.717) is 24.5 Å². The summed E-state index contributed by atoms with van der Waals surface area (Å²) in [6, 6.07) is 5.24. The van der Waals surface area contributed by atoms with Crippen molar-refractivity contribution in [3.8, 4) is 0 Å². The van der Waals surface area contributed by atoms with Crippen LogP contribution in [-0.2, 0) is 14.8 Å². The molecule has 0 aromatic heterocycles. The molecule has 1 aromatic rings. The van der Waals surface area contributed by atoms with E-state index < -0.39 is 15.6 Å². The van der Waals surface area contributed by atoms with Crippen LogP contribution in [0.3, 0.4) is 0 Å². The number of hydrogen-bond acceptors (Lipinski definition) is 4. The fraction of sp³-hybridized carbons (Fsp3) is 0.650. The Hall–Kier alpha value is -1.60. The third-order valence-corrected chi connectivity index (χ3v) is 6.79. The van der Waals surface area contributed by atoms with E-state index in [9.17, 15) is 13.2 Å². The number of hydrogen-bond donors (Lipinski definition) is 0. The van der Waals surface area contributed by atoms with Gasteiger partial charge in [0.05, 0.1) is 4.90 Å². The van der Waals surface area contributed by atoms with Gasteiger partial charge < -0.3 is 9.64 Å². The zero-order valence-electron chi connectivity index (χ0n) is 17.3. The lowest BCUT2D eigenvalue weighted by atomic mass is 9.97. The maximum Gasteiger partial charge on any atom is 0.410 e. The molecule has 0 N–H and O–H groups in total. The minimum Gasteiger partial charge on any atom is -0.444 e. The minimum absolute atomic E-state index is 0.231. The maximum atomic E-state index is 12.8. The average Bonchev–Trinajstić information content (AvgIpc) is 2.56. The number of carbonyl (C=O) groups is 1. The van der Waals surface area contributed by atoms with Crippen molar-refractivity contribution >= 4 is 16.1 Å². The molecule has 0 unspecified atom stereocenters. The van der Waals surface area contributed by atoms with Crippen molar-refractivity contribution in [3.05, 3.63) is 29.3 Å². The summed E-state index contributed by atoms with van der Waals surface area (Å²) in [5.41, 5.74) is 1.54. The van der Waals surface area contributed by atoms with Crippen LogP contribution in [0.2, 0.25) is 0 Å². The van der Waals surface area contributed by atoms with Crippen molar-refractivity contribution in [3.63, 3.8) is 0 Å². The number of carbonyl (C=O) groups excluding carboxylic acids is 1. The molecular formula is C20H32N2O4S. The van der Waals surface area contributed by atoms with E-state index in [4.69, 9.17) is 4.74 Å². The van der Waals surface area contributed by atoms with Crippen LogP contribution in [0.1, 0.15) is 44.7 Å². The number of benzene rings is 1. The van der Waals surface area contributed by atoms with Crippen LogP contribution in [0, 0.1) is 19.8 Å². The molecule has 1 aliphatic heterocycles. The highest BCUT2D eigenvalue weighted by Gasteiger charge is 2.30. The molecule has 2 rings (SSSR count). The molecule has 1 fully saturated rings. The molecule has 0 radical (unpaired) electrons. The summed E-state index contributed by atoms with van der Waals surface area (Å²) in [5, 5.41) is 0. The summed E-state index contributed by atoms with van der Waals surface area (Å²) in [6.45, 7) is 11.1. The second kappa shape index (κ2) is 8.19. The van der Waals surface area contributed by atoms with E-state index >= 15 is 0 Å². The average molecular weight is 397 g/mol. The summed E-state index contributed by atoms with van der Waals surface area (Å²) < 4.78 is 32.5. The molecule has 1 aromatic carbocycles. The Labute approximate surface area is 163 Å². The molecule has 1 saturated heterocycles. The van der Waals surface area contributed by atoms with Crippen molar-refractivity contribution in [2.75, 3.05) is 26.7 Å². The quantitative estimate of drug-likeness (QED) is 0.780. The minimum atomic E-state index is -3.50. The first-order valence-electron chi connectivity index (χ1n) is 9.41. The molecule has 0 saturated carbocycles. The first-order valence-corrected chi connectivity index (χ1v) is 10.9. The van der Waals surface area contributed by atoms with Gasteiger partial charge in [0.15, 0.2) is 0 Å². The monoisotopic (exact) mass is 396 g/mol. The fourth-order valence-electron chi connectivity index (χ4n) is 3.14. The highest BCUT2D eigenvalue weighted by molar-refractivity contribution is 7.89. The van der Waals surface area contributed by atoms with Gasteiger partial charge in [-0.3, -0.25) is 0 Å². The SMILES string of the molecule is Cc1ccc(S(=O)(=O)N(C)CC2CCN(C(=O)OC(C)(C)C)CC2)cc1C. The summed E-state index contributed by atoms with van der Waals surface area (Å²) in [7, 11) is -1.87. The van der Waals surface area contributed by atoms with Crippen LogP contribution in [0.15, 0.2) is 23.1 Å². The molecule has 27 heavy (non-hydrogen) atoms. The summed E-state index contributed by atoms with van der Waals surface area (Å²) in [5.74, 6) is 0.231. The number of sulfonamides is 1. The van der Waals surface area contributed by atoms with Crippen LogP contribution in [-0.4, -0.2) is 56.0 Å². The zero-order chi connectivity index (χ0) is 20.4. The third kappa shape index (κ3) is 5.69. The molecule has 152 valence electrons. The molecule has 1 aliphatic rings. The lowest BCUT2D eigenvalue weighted by Gasteiger charge is -2.34. The Morgan fingerprint density at radius 2 is 1.78 bits per heavy atom. The fourth-order valence-corrected chi connectivity index (χ4v) is 4.47. The van der Waals surface area contributed by atoms with Gasteiger partial charge in [-0.25, -0.2) is 17.5 Å². The van der Waals surface area contributed by atoms with Crippen molar-refractivity contribution in [2.24, 2.45) is 5.92 Å². The van der Waals surface area contributed by atoms with E-state index in [0.717, 1.165) is 24.0 Å². The van der Waals surface area contributed by atoms with Gasteiger partial charge in [0.2, 0.25) is 10.0 Å². The Kier molecular flexibility index (Phi) is 6.58. The van der Waals surface area contributed by atoms with Gasteiger partial charge in [0.1, 0.15) is 5.60 Å². The first-order chi connectivity index (χ1) is 12.4. The Morgan fingerprint density at radius 1 is 1.19 bits per heavy atom. The van der Waals surface area contributed by atoms with Crippen LogP contribution in [0.4, 0.5) is 4.79 Å². The second-order valence-corrected chi connectivity index (χ2v) is 10.5. The normalized spacial score (nSPS) is 16.6. The molecule has 0 bridgehead atoms. The number of nitrogens with zero attached hydrogens (tertiary/aromatic N) is 2. The van der Waals surface area contributed by atoms with Crippen molar-refractivity contribution in [1.82, 2.24) is 9.21 Å². The van der Waals surface area contributed by atoms with Crippen LogP contribution >= 0.6 is 0 Å². The van der Waals surface area contributed by atoms with E-state index in [2.05, 4.69) is 0 Å². The van der Waals surface area contributed by atoms with Gasteiger partial charge in [-0.05, 0) is 76.6 Å². The number of rotatable bonds is 4. The molecule has 0 aliphatic carbocycles. The highest BCUT2D eigenvalue weighted by atomic mass is 32.2. The predicted octanol–water partition coefficient (Wildman–Crippen LogP) is 3.57. The molecule has 0 atom stereocenters. The Balaban J connectivity index is 1.94. The van der Waals surface area contributed by atoms with Gasteiger partial charge in [-0.1, -0.05) is 6.07 Å². The number of aryl methyl sites for hydroxylation is 2. The summed E-state index contributed by atoms with van der Waals surface area (Å²) in [4.78, 5) is 14.2. The third-order valence-electron chi connectivity index (χ3n) is 4.97. The van der Waals surface area contributed by atoms with Crippen LogP contribution in [0.5, 0.6) is 0 Å². The predicted molar refractivity (Wildman–Crippen MR) is 106 cm³/mol. The standard InChI is InChI=1S/C20H32N2O4S/c1-15-7-8-18(13-16(15)2)27(24,25)21(6)14-17-9-11-22(12-10-17)19(23)26-20(3,4)5/h7-8,13,17H,9-12,14H2,1-6H3. The van der Waals surface area contributed by atoms with Gasteiger partial charge >= 0.3 is 6.09 Å². The van der Waals surface area contributed by atoms with Gasteiger partial charge in [-0.15, -0.1) is 0 Å². The number of ether oxygens (including phenoxy) is 1. The lowest BCUT2D eigenvalue weighted by molar-refractivity contribution is 0.0179. The maximum absolute atomic E-state index is 12.8. The smallest absolute Gasteiger partial charge is 0.410 e. The molecular weight excluding hydrogens is 364 g/mol. The summed E-state index contributed by atoms with van der Waals surface area (Å²) >= 11 is 0. The van der Waals surface area contributed by atoms with E-state index in [1.807, 2.05) is 40.7 Å². The van der Waals surface area contributed by atoms with Gasteiger partial charge in [0.25, 0.3) is 0 Å². The van der Waals surface area contributed by atoms with Crippen LogP contribution in [0.25, 0.3) is 0 Å². The number of piperidine rings is 1. The largest absolute Gasteiger partial charge is 0.444 e. The lowest BCUT2D eigenvalue weighted by Crippen LogP contribution is -2.44. The zero-order valence-corrected chi connectivity index (χ0v) is 18.1. The number of likely N-dealkylation sites (tertiary alicyclic amines) is 1. The molecule has 6 nitrogen and oxygen atoms in total. The molecule has 0 spiro atoms. The van der Waals surface area contributed by atoms with Crippen molar-refractivity contribution < 1.29 is 17.9 Å². The van der Waals surface area contributed by atoms with E-state index in [1.54, 1.807) is 24.1 Å². The summed E-state index contributed by atoms with van der Waals surface area (Å²) in [6.07, 6.45) is 1.25. The Morgan fingerprint density at radius 3 is 2.30 bits per heavy atom. The van der Waals surface area contributed by atoms with E-state index in [1.165, 1.54) is 4.31 Å². The van der Waals surface area contributed by atoms with Gasteiger partial charge in [0, 0.05) is 26.7 Å². The Bertz CT molecular complexity index is 776. The number of amides is 1. The molecule has 1 amide bonds. The highest BCUT2D eigenvalue weighted by Crippen LogP contribution is 2.24. The molecule has 7 heteroatoms. The van der Waals surface area contributed by atoms with Crippen LogP contribution < -0.4 is 0 Å². The van der Waals surface area contributed by atoms with Crippen molar-refractivity contribution in [2.45, 2.75) is 58.0 Å².